The highest BCUT2D eigenvalue weighted by Gasteiger charge is 2.02. The zero-order valence-electron chi connectivity index (χ0n) is 10.4. The van der Waals surface area contributed by atoms with Gasteiger partial charge in [-0.2, -0.15) is 5.10 Å². The van der Waals surface area contributed by atoms with E-state index >= 15 is 0 Å². The Kier molecular flexibility index (Phi) is 3.20. The van der Waals surface area contributed by atoms with E-state index in [4.69, 9.17) is 0 Å². The van der Waals surface area contributed by atoms with Crippen LogP contribution in [0.25, 0.3) is 11.0 Å². The third-order valence-corrected chi connectivity index (χ3v) is 2.70. The molecule has 6 heteroatoms. The summed E-state index contributed by atoms with van der Waals surface area (Å²) in [5.74, 6) is 0.293. The van der Waals surface area contributed by atoms with Gasteiger partial charge in [0.25, 0.3) is 5.91 Å². The van der Waals surface area contributed by atoms with Crippen LogP contribution in [0.5, 0.6) is 0 Å². The van der Waals surface area contributed by atoms with Crippen molar-refractivity contribution in [1.29, 1.82) is 0 Å². The predicted octanol–water partition coefficient (Wildman–Crippen LogP) is 1.72. The van der Waals surface area contributed by atoms with Gasteiger partial charge in [0, 0.05) is 18.0 Å². The van der Waals surface area contributed by atoms with E-state index in [1.54, 1.807) is 24.5 Å². The van der Waals surface area contributed by atoms with Gasteiger partial charge in [-0.1, -0.05) is 12.1 Å². The van der Waals surface area contributed by atoms with Crippen LogP contribution in [0, 0.1) is 0 Å². The molecule has 0 aliphatic heterocycles. The molecule has 0 bridgehead atoms. The van der Waals surface area contributed by atoms with Crippen LogP contribution in [-0.4, -0.2) is 27.1 Å². The van der Waals surface area contributed by atoms with Gasteiger partial charge >= 0.3 is 0 Å². The smallest absolute Gasteiger partial charge is 0.271 e. The van der Waals surface area contributed by atoms with E-state index in [0.717, 1.165) is 11.0 Å². The van der Waals surface area contributed by atoms with Gasteiger partial charge in [0.15, 0.2) is 5.82 Å². The van der Waals surface area contributed by atoms with Crippen LogP contribution >= 0.6 is 0 Å². The number of aromatic nitrogens is 3. The summed E-state index contributed by atoms with van der Waals surface area (Å²) in [5, 5.41) is 3.87. The maximum atomic E-state index is 11.7. The van der Waals surface area contributed by atoms with Crippen LogP contribution in [0.2, 0.25) is 0 Å². The average Bonchev–Trinajstić information content (AvgIpc) is 2.90. The largest absolute Gasteiger partial charge is 0.337 e. The van der Waals surface area contributed by atoms with Gasteiger partial charge in [-0.3, -0.25) is 9.78 Å². The highest BCUT2D eigenvalue weighted by atomic mass is 16.2. The normalized spacial score (nSPS) is 11.0. The molecule has 2 heterocycles. The first kappa shape index (κ1) is 12.0. The van der Waals surface area contributed by atoms with Crippen LogP contribution in [0.4, 0.5) is 0 Å². The molecule has 3 aromatic rings. The lowest BCUT2D eigenvalue weighted by molar-refractivity contribution is 0.0955. The molecular formula is C14H11N5O. The molecule has 0 atom stereocenters. The van der Waals surface area contributed by atoms with E-state index in [0.29, 0.717) is 11.4 Å². The van der Waals surface area contributed by atoms with Crippen molar-refractivity contribution in [2.45, 2.75) is 0 Å². The molecular weight excluding hydrogens is 254 g/mol. The number of nitrogens with zero attached hydrogens (tertiary/aromatic N) is 3. The average molecular weight is 265 g/mol. The fraction of sp³-hybridized carbons (Fsp3) is 0. The summed E-state index contributed by atoms with van der Waals surface area (Å²) in [6.07, 6.45) is 4.58. The van der Waals surface area contributed by atoms with Crippen LogP contribution < -0.4 is 5.43 Å². The number of rotatable bonds is 3. The maximum absolute atomic E-state index is 11.7. The van der Waals surface area contributed by atoms with Crippen LogP contribution in [0.15, 0.2) is 53.9 Å². The zero-order chi connectivity index (χ0) is 13.8. The minimum absolute atomic E-state index is 0.292. The van der Waals surface area contributed by atoms with E-state index in [-0.39, 0.29) is 5.91 Å². The SMILES string of the molecule is O=C(N/N=C/c1nc2ccccc2[nH]1)c1ccncc1. The second kappa shape index (κ2) is 5.31. The number of carbonyl (C=O) groups is 1. The van der Waals surface area contributed by atoms with Crippen LogP contribution in [-0.2, 0) is 0 Å². The van der Waals surface area contributed by atoms with Crippen molar-refractivity contribution in [2.75, 3.05) is 0 Å². The molecule has 1 amide bonds. The fourth-order valence-electron chi connectivity index (χ4n) is 1.75. The van der Waals surface area contributed by atoms with Crippen LogP contribution in [0.3, 0.4) is 0 Å². The lowest BCUT2D eigenvalue weighted by atomic mass is 10.3. The van der Waals surface area contributed by atoms with Crippen molar-refractivity contribution in [1.82, 2.24) is 20.4 Å². The number of benzene rings is 1. The first-order valence-corrected chi connectivity index (χ1v) is 6.01. The van der Waals surface area contributed by atoms with Gasteiger partial charge in [-0.15, -0.1) is 0 Å². The molecule has 2 aromatic heterocycles. The highest BCUT2D eigenvalue weighted by Crippen LogP contribution is 2.08. The van der Waals surface area contributed by atoms with Crippen molar-refractivity contribution in [3.8, 4) is 0 Å². The first-order valence-electron chi connectivity index (χ1n) is 6.01. The summed E-state index contributed by atoms with van der Waals surface area (Å²) < 4.78 is 0. The highest BCUT2D eigenvalue weighted by molar-refractivity contribution is 5.94. The van der Waals surface area contributed by atoms with Gasteiger partial charge in [0.2, 0.25) is 0 Å². The maximum Gasteiger partial charge on any atom is 0.271 e. The van der Waals surface area contributed by atoms with E-state index in [1.165, 1.54) is 6.21 Å². The fourth-order valence-corrected chi connectivity index (χ4v) is 1.75. The molecule has 0 saturated carbocycles. The summed E-state index contributed by atoms with van der Waals surface area (Å²) >= 11 is 0. The summed E-state index contributed by atoms with van der Waals surface area (Å²) in [4.78, 5) is 23.0. The Hall–Kier alpha value is -3.02. The summed E-state index contributed by atoms with van der Waals surface area (Å²) in [5.41, 5.74) is 4.72. The number of amides is 1. The number of hydrazone groups is 1. The van der Waals surface area contributed by atoms with Crippen molar-refractivity contribution in [3.05, 3.63) is 60.2 Å². The molecule has 6 nitrogen and oxygen atoms in total. The Labute approximate surface area is 114 Å². The summed E-state index contributed by atoms with van der Waals surface area (Å²) in [6.45, 7) is 0. The number of para-hydroxylation sites is 2. The Morgan fingerprint density at radius 3 is 2.80 bits per heavy atom. The van der Waals surface area contributed by atoms with Crippen molar-refractivity contribution >= 4 is 23.2 Å². The Morgan fingerprint density at radius 2 is 2.00 bits per heavy atom. The second-order valence-electron chi connectivity index (χ2n) is 4.07. The molecule has 0 fully saturated rings. The van der Waals surface area contributed by atoms with Crippen LogP contribution in [0.1, 0.15) is 16.2 Å². The monoisotopic (exact) mass is 265 g/mol. The molecule has 0 spiro atoms. The van der Waals surface area contributed by atoms with Gasteiger partial charge in [0.05, 0.1) is 17.2 Å². The molecule has 0 aliphatic rings. The number of hydrogen-bond donors (Lipinski definition) is 2. The first-order chi connectivity index (χ1) is 9.83. The summed E-state index contributed by atoms with van der Waals surface area (Å²) in [7, 11) is 0. The number of nitrogens with one attached hydrogen (secondary N) is 2. The van der Waals surface area contributed by atoms with Crippen molar-refractivity contribution in [2.24, 2.45) is 5.10 Å². The quantitative estimate of drug-likeness (QED) is 0.558. The molecule has 3 rings (SSSR count). The van der Waals surface area contributed by atoms with Gasteiger partial charge < -0.3 is 4.98 Å². The molecule has 1 aromatic carbocycles. The topological polar surface area (TPSA) is 83.0 Å². The summed E-state index contributed by atoms with van der Waals surface area (Å²) in [6, 6.07) is 10.9. The number of fused-ring (bicyclic) bond motifs is 1. The Morgan fingerprint density at radius 1 is 1.20 bits per heavy atom. The van der Waals surface area contributed by atoms with Crippen molar-refractivity contribution in [3.63, 3.8) is 0 Å². The van der Waals surface area contributed by atoms with E-state index in [2.05, 4.69) is 25.5 Å². The minimum atomic E-state index is -0.292. The number of imidazole rings is 1. The second-order valence-corrected chi connectivity index (χ2v) is 4.07. The van der Waals surface area contributed by atoms with Gasteiger partial charge in [0.1, 0.15) is 0 Å². The van der Waals surface area contributed by atoms with Gasteiger partial charge in [-0.05, 0) is 24.3 Å². The molecule has 2 N–H and O–H groups in total. The Bertz CT molecular complexity index is 730. The van der Waals surface area contributed by atoms with E-state index in [1.807, 2.05) is 24.3 Å². The lowest BCUT2D eigenvalue weighted by Gasteiger charge is -1.97. The van der Waals surface area contributed by atoms with Gasteiger partial charge in [-0.25, -0.2) is 10.4 Å². The third kappa shape index (κ3) is 2.54. The lowest BCUT2D eigenvalue weighted by Crippen LogP contribution is -2.17. The molecule has 0 radical (unpaired) electrons. The standard InChI is InChI=1S/C14H11N5O/c20-14(10-5-7-15-8-6-10)19-16-9-13-17-11-3-1-2-4-12(11)18-13/h1-9H,(H,17,18)(H,19,20)/b16-9+. The number of pyridine rings is 1. The molecule has 98 valence electrons. The third-order valence-electron chi connectivity index (χ3n) is 2.70. The zero-order valence-corrected chi connectivity index (χ0v) is 10.4. The molecule has 20 heavy (non-hydrogen) atoms. The predicted molar refractivity (Wildman–Crippen MR) is 75.4 cm³/mol. The minimum Gasteiger partial charge on any atom is -0.337 e. The number of aromatic amines is 1. The van der Waals surface area contributed by atoms with Crippen molar-refractivity contribution < 1.29 is 4.79 Å². The number of carbonyl (C=O) groups excluding carboxylic acids is 1. The molecule has 0 unspecified atom stereocenters. The molecule has 0 aliphatic carbocycles. The number of H-pyrrole nitrogens is 1. The number of hydrogen-bond acceptors (Lipinski definition) is 4. The Balaban J connectivity index is 1.70. The molecule has 0 saturated heterocycles. The van der Waals surface area contributed by atoms with E-state index in [9.17, 15) is 4.79 Å². The van der Waals surface area contributed by atoms with E-state index < -0.39 is 0 Å².